The van der Waals surface area contributed by atoms with Gasteiger partial charge in [-0.25, -0.2) is 18.7 Å². The molecular weight excluding hydrogens is 278 g/mol. The van der Waals surface area contributed by atoms with Crippen LogP contribution in [0.25, 0.3) is 11.2 Å². The van der Waals surface area contributed by atoms with E-state index in [1.807, 2.05) is 0 Å². The fourth-order valence-corrected chi connectivity index (χ4v) is 1.76. The monoisotopic (exact) mass is 286 g/mol. The Kier molecular flexibility index (Phi) is 3.23. The van der Waals surface area contributed by atoms with Gasteiger partial charge >= 0.3 is 0 Å². The fraction of sp³-hybridized carbons (Fsp3) is 0. The van der Waals surface area contributed by atoms with Crippen LogP contribution in [0.2, 0.25) is 0 Å². The van der Waals surface area contributed by atoms with Crippen LogP contribution in [0.1, 0.15) is 10.4 Å². The summed E-state index contributed by atoms with van der Waals surface area (Å²) in [6, 6.07) is 4.63. The topological polar surface area (TPSA) is 67.8 Å². The van der Waals surface area contributed by atoms with E-state index in [9.17, 15) is 13.6 Å². The van der Waals surface area contributed by atoms with Crippen molar-refractivity contribution in [3.05, 3.63) is 60.1 Å². The normalized spacial score (nSPS) is 10.6. The van der Waals surface area contributed by atoms with Crippen molar-refractivity contribution in [2.75, 3.05) is 5.32 Å². The number of hydrogen-bond acceptors (Lipinski definition) is 4. The minimum atomic E-state index is -1.03. The number of carbonyl (C=O) groups excluding carboxylic acids is 1. The number of amides is 1. The van der Waals surface area contributed by atoms with Gasteiger partial charge in [0.2, 0.25) is 0 Å². The van der Waals surface area contributed by atoms with Crippen molar-refractivity contribution in [1.29, 1.82) is 0 Å². The van der Waals surface area contributed by atoms with Crippen LogP contribution in [0.4, 0.5) is 14.5 Å². The summed E-state index contributed by atoms with van der Waals surface area (Å²) in [5.74, 6) is -2.51. The summed E-state index contributed by atoms with van der Waals surface area (Å²) in [6.07, 6.45) is 4.32. The summed E-state index contributed by atoms with van der Waals surface area (Å²) in [5.41, 5.74) is 1.28. The van der Waals surface area contributed by atoms with Crippen LogP contribution in [0.15, 0.2) is 42.9 Å². The molecule has 3 aromatic rings. The minimum absolute atomic E-state index is 0.151. The van der Waals surface area contributed by atoms with Crippen LogP contribution in [0, 0.1) is 11.6 Å². The molecule has 0 spiro atoms. The lowest BCUT2D eigenvalue weighted by molar-refractivity contribution is 0.102. The van der Waals surface area contributed by atoms with Crippen LogP contribution >= 0.6 is 0 Å². The Hall–Kier alpha value is -2.96. The third-order valence-electron chi connectivity index (χ3n) is 2.76. The molecule has 0 fully saturated rings. The molecule has 2 heterocycles. The molecule has 0 aliphatic rings. The van der Waals surface area contributed by atoms with Gasteiger partial charge in [0.1, 0.15) is 5.52 Å². The highest BCUT2D eigenvalue weighted by Gasteiger charge is 2.10. The SMILES string of the molecule is O=C(Nc1ccc(F)c(F)c1)c1cnc2nccnc2c1. The maximum atomic E-state index is 13.1. The predicted octanol–water partition coefficient (Wildman–Crippen LogP) is 2.56. The summed E-state index contributed by atoms with van der Waals surface area (Å²) in [6.45, 7) is 0. The van der Waals surface area contributed by atoms with Crippen molar-refractivity contribution in [2.24, 2.45) is 0 Å². The van der Waals surface area contributed by atoms with Crippen LogP contribution in [0.5, 0.6) is 0 Å². The molecule has 1 aromatic carbocycles. The van der Waals surface area contributed by atoms with Crippen LogP contribution < -0.4 is 5.32 Å². The Labute approximate surface area is 117 Å². The molecular formula is C14H8F2N4O. The zero-order valence-corrected chi connectivity index (χ0v) is 10.5. The molecule has 0 aliphatic heterocycles. The van der Waals surface area contributed by atoms with E-state index in [4.69, 9.17) is 0 Å². The summed E-state index contributed by atoms with van der Waals surface area (Å²) < 4.78 is 25.9. The zero-order valence-electron chi connectivity index (χ0n) is 10.5. The van der Waals surface area contributed by atoms with E-state index < -0.39 is 17.5 Å². The molecule has 0 radical (unpaired) electrons. The second kappa shape index (κ2) is 5.20. The lowest BCUT2D eigenvalue weighted by atomic mass is 10.2. The van der Waals surface area contributed by atoms with Crippen molar-refractivity contribution in [1.82, 2.24) is 15.0 Å². The highest BCUT2D eigenvalue weighted by molar-refractivity contribution is 6.05. The summed E-state index contributed by atoms with van der Waals surface area (Å²) in [4.78, 5) is 24.1. The number of nitrogens with one attached hydrogen (secondary N) is 1. The molecule has 1 amide bonds. The van der Waals surface area contributed by atoms with Gasteiger partial charge in [0.05, 0.1) is 5.56 Å². The Bertz CT molecular complexity index is 838. The molecule has 7 heteroatoms. The first kappa shape index (κ1) is 13.0. The number of hydrogen-bond donors (Lipinski definition) is 1. The number of halogens is 2. The summed E-state index contributed by atoms with van der Waals surface area (Å²) >= 11 is 0. The molecule has 1 N–H and O–H groups in total. The van der Waals surface area contributed by atoms with Crippen molar-refractivity contribution in [2.45, 2.75) is 0 Å². The Morgan fingerprint density at radius 3 is 2.62 bits per heavy atom. The summed E-state index contributed by atoms with van der Waals surface area (Å²) in [5, 5.41) is 2.46. The predicted molar refractivity (Wildman–Crippen MR) is 71.6 cm³/mol. The third-order valence-corrected chi connectivity index (χ3v) is 2.76. The molecule has 21 heavy (non-hydrogen) atoms. The number of fused-ring (bicyclic) bond motifs is 1. The van der Waals surface area contributed by atoms with Crippen molar-refractivity contribution < 1.29 is 13.6 Å². The van der Waals surface area contributed by atoms with E-state index >= 15 is 0 Å². The van der Waals surface area contributed by atoms with E-state index in [1.54, 1.807) is 0 Å². The first-order valence-electron chi connectivity index (χ1n) is 5.96. The third kappa shape index (κ3) is 2.66. The number of carbonyl (C=O) groups is 1. The average molecular weight is 286 g/mol. The highest BCUT2D eigenvalue weighted by atomic mass is 19.2. The highest BCUT2D eigenvalue weighted by Crippen LogP contribution is 2.15. The molecule has 3 rings (SSSR count). The molecule has 0 saturated heterocycles. The first-order valence-corrected chi connectivity index (χ1v) is 5.96. The van der Waals surface area contributed by atoms with E-state index in [0.717, 1.165) is 12.1 Å². The maximum absolute atomic E-state index is 13.1. The lowest BCUT2D eigenvalue weighted by Gasteiger charge is -2.06. The molecule has 0 unspecified atom stereocenters. The van der Waals surface area contributed by atoms with Gasteiger partial charge in [0, 0.05) is 30.3 Å². The Morgan fingerprint density at radius 2 is 1.81 bits per heavy atom. The second-order valence-electron chi connectivity index (χ2n) is 4.21. The smallest absolute Gasteiger partial charge is 0.257 e. The van der Waals surface area contributed by atoms with Gasteiger partial charge in [0.15, 0.2) is 17.3 Å². The Balaban J connectivity index is 1.87. The van der Waals surface area contributed by atoms with Gasteiger partial charge in [-0.3, -0.25) is 9.78 Å². The van der Waals surface area contributed by atoms with Gasteiger partial charge in [-0.15, -0.1) is 0 Å². The van der Waals surface area contributed by atoms with Gasteiger partial charge in [0.25, 0.3) is 5.91 Å². The largest absolute Gasteiger partial charge is 0.322 e. The number of aromatic nitrogens is 3. The van der Waals surface area contributed by atoms with E-state index in [1.165, 1.54) is 30.7 Å². The van der Waals surface area contributed by atoms with Gasteiger partial charge in [-0.2, -0.15) is 0 Å². The Morgan fingerprint density at radius 1 is 1.00 bits per heavy atom. The number of nitrogens with zero attached hydrogens (tertiary/aromatic N) is 3. The van der Waals surface area contributed by atoms with E-state index in [2.05, 4.69) is 20.3 Å². The standard InChI is InChI=1S/C14H8F2N4O/c15-10-2-1-9(6-11(10)16)20-14(21)8-5-12-13(19-7-8)18-4-3-17-12/h1-7H,(H,20,21). The number of pyridine rings is 1. The molecule has 0 atom stereocenters. The zero-order chi connectivity index (χ0) is 14.8. The number of anilines is 1. The quantitative estimate of drug-likeness (QED) is 0.786. The van der Waals surface area contributed by atoms with Gasteiger partial charge < -0.3 is 5.32 Å². The van der Waals surface area contributed by atoms with Crippen molar-refractivity contribution >= 4 is 22.8 Å². The molecule has 0 saturated carbocycles. The molecule has 0 bridgehead atoms. The average Bonchev–Trinajstić information content (AvgIpc) is 2.50. The lowest BCUT2D eigenvalue weighted by Crippen LogP contribution is -2.12. The van der Waals surface area contributed by atoms with Crippen molar-refractivity contribution in [3.63, 3.8) is 0 Å². The van der Waals surface area contributed by atoms with Crippen LogP contribution in [0.3, 0.4) is 0 Å². The maximum Gasteiger partial charge on any atom is 0.257 e. The van der Waals surface area contributed by atoms with Gasteiger partial charge in [-0.1, -0.05) is 0 Å². The molecule has 104 valence electrons. The fourth-order valence-electron chi connectivity index (χ4n) is 1.76. The molecule has 0 aliphatic carbocycles. The number of rotatable bonds is 2. The van der Waals surface area contributed by atoms with Crippen molar-refractivity contribution in [3.8, 4) is 0 Å². The van der Waals surface area contributed by atoms with Crippen LogP contribution in [-0.2, 0) is 0 Å². The van der Waals surface area contributed by atoms with Gasteiger partial charge in [-0.05, 0) is 18.2 Å². The molecule has 5 nitrogen and oxygen atoms in total. The van der Waals surface area contributed by atoms with E-state index in [-0.39, 0.29) is 11.3 Å². The summed E-state index contributed by atoms with van der Waals surface area (Å²) in [7, 11) is 0. The molecule has 2 aromatic heterocycles. The van der Waals surface area contributed by atoms with E-state index in [0.29, 0.717) is 11.2 Å². The first-order chi connectivity index (χ1) is 10.1. The number of benzene rings is 1. The van der Waals surface area contributed by atoms with Crippen LogP contribution in [-0.4, -0.2) is 20.9 Å². The second-order valence-corrected chi connectivity index (χ2v) is 4.21. The minimum Gasteiger partial charge on any atom is -0.322 e.